The van der Waals surface area contributed by atoms with Gasteiger partial charge in [0, 0.05) is 29.7 Å². The Kier molecular flexibility index (Phi) is 4.96. The second-order valence-electron chi connectivity index (χ2n) is 6.03. The van der Waals surface area contributed by atoms with E-state index >= 15 is 0 Å². The molecule has 0 aliphatic heterocycles. The minimum atomic E-state index is 0.0153. The van der Waals surface area contributed by atoms with Crippen LogP contribution >= 0.6 is 11.3 Å². The third-order valence-electron chi connectivity index (χ3n) is 4.33. The fourth-order valence-electron chi connectivity index (χ4n) is 3.04. The van der Waals surface area contributed by atoms with Gasteiger partial charge in [0.15, 0.2) is 0 Å². The molecule has 0 atom stereocenters. The summed E-state index contributed by atoms with van der Waals surface area (Å²) in [5, 5.41) is 2.97. The number of carbonyl (C=O) groups excluding carboxylic acids is 1. The Bertz CT molecular complexity index is 737. The van der Waals surface area contributed by atoms with Gasteiger partial charge in [-0.05, 0) is 56.7 Å². The highest BCUT2D eigenvalue weighted by Crippen LogP contribution is 2.29. The van der Waals surface area contributed by atoms with E-state index in [-0.39, 0.29) is 11.5 Å². The molecule has 2 aromatic rings. The number of pyridine rings is 1. The Hall–Kier alpha value is -1.88. The Morgan fingerprint density at radius 3 is 2.91 bits per heavy atom. The van der Waals surface area contributed by atoms with Crippen molar-refractivity contribution in [1.29, 1.82) is 0 Å². The first-order chi connectivity index (χ1) is 11.1. The van der Waals surface area contributed by atoms with Gasteiger partial charge in [0.2, 0.25) is 0 Å². The van der Waals surface area contributed by atoms with Crippen LogP contribution in [0.5, 0.6) is 0 Å². The van der Waals surface area contributed by atoms with Gasteiger partial charge in [-0.3, -0.25) is 9.59 Å². The largest absolute Gasteiger partial charge is 0.351 e. The SMILES string of the molecule is Cc1cccc(=O)n1CCCNC(=O)c1cc2c(s1)CCCC2. The lowest BCUT2D eigenvalue weighted by Gasteiger charge is -2.09. The first-order valence-corrected chi connectivity index (χ1v) is 9.03. The second kappa shape index (κ2) is 7.13. The molecule has 23 heavy (non-hydrogen) atoms. The first-order valence-electron chi connectivity index (χ1n) is 8.21. The molecule has 0 fully saturated rings. The summed E-state index contributed by atoms with van der Waals surface area (Å²) in [4.78, 5) is 26.2. The van der Waals surface area contributed by atoms with Crippen molar-refractivity contribution in [2.75, 3.05) is 6.54 Å². The molecule has 0 bridgehead atoms. The highest BCUT2D eigenvalue weighted by molar-refractivity contribution is 7.14. The zero-order chi connectivity index (χ0) is 16.2. The van der Waals surface area contributed by atoms with Crippen molar-refractivity contribution >= 4 is 17.2 Å². The summed E-state index contributed by atoms with van der Waals surface area (Å²) in [6, 6.07) is 7.33. The summed E-state index contributed by atoms with van der Waals surface area (Å²) in [7, 11) is 0. The van der Waals surface area contributed by atoms with E-state index < -0.39 is 0 Å². The summed E-state index contributed by atoms with van der Waals surface area (Å²) >= 11 is 1.64. The van der Waals surface area contributed by atoms with Gasteiger partial charge < -0.3 is 9.88 Å². The zero-order valence-corrected chi connectivity index (χ0v) is 14.2. The van der Waals surface area contributed by atoms with Crippen LogP contribution < -0.4 is 10.9 Å². The summed E-state index contributed by atoms with van der Waals surface area (Å²) in [6.07, 6.45) is 5.44. The molecular formula is C18H22N2O2S. The third-order valence-corrected chi connectivity index (χ3v) is 5.57. The maximum atomic E-state index is 12.2. The van der Waals surface area contributed by atoms with Crippen LogP contribution in [0.15, 0.2) is 29.1 Å². The number of nitrogens with zero attached hydrogens (tertiary/aromatic N) is 1. The molecule has 0 saturated heterocycles. The summed E-state index contributed by atoms with van der Waals surface area (Å²) in [5.74, 6) is 0.0153. The van der Waals surface area contributed by atoms with Crippen molar-refractivity contribution in [1.82, 2.24) is 9.88 Å². The van der Waals surface area contributed by atoms with Crippen molar-refractivity contribution in [3.8, 4) is 0 Å². The maximum absolute atomic E-state index is 12.2. The molecule has 1 N–H and O–H groups in total. The van der Waals surface area contributed by atoms with Crippen LogP contribution in [-0.2, 0) is 19.4 Å². The quantitative estimate of drug-likeness (QED) is 0.857. The van der Waals surface area contributed by atoms with Crippen LogP contribution in [0.1, 0.15) is 45.1 Å². The van der Waals surface area contributed by atoms with Crippen molar-refractivity contribution in [2.45, 2.75) is 45.6 Å². The average molecular weight is 330 g/mol. The number of thiophene rings is 1. The van der Waals surface area contributed by atoms with Crippen LogP contribution in [-0.4, -0.2) is 17.0 Å². The van der Waals surface area contributed by atoms with E-state index in [1.807, 2.05) is 13.0 Å². The van der Waals surface area contributed by atoms with E-state index in [0.29, 0.717) is 13.1 Å². The molecule has 0 saturated carbocycles. The maximum Gasteiger partial charge on any atom is 0.261 e. The van der Waals surface area contributed by atoms with Gasteiger partial charge in [-0.25, -0.2) is 0 Å². The summed E-state index contributed by atoms with van der Waals surface area (Å²) in [6.45, 7) is 3.14. The number of aromatic nitrogens is 1. The number of hydrogen-bond donors (Lipinski definition) is 1. The van der Waals surface area contributed by atoms with Crippen LogP contribution in [0, 0.1) is 6.92 Å². The topological polar surface area (TPSA) is 51.1 Å². The number of carbonyl (C=O) groups is 1. The Balaban J connectivity index is 1.52. The molecule has 0 radical (unpaired) electrons. The van der Waals surface area contributed by atoms with E-state index in [4.69, 9.17) is 0 Å². The number of nitrogens with one attached hydrogen (secondary N) is 1. The minimum Gasteiger partial charge on any atom is -0.351 e. The van der Waals surface area contributed by atoms with Crippen molar-refractivity contribution in [2.24, 2.45) is 0 Å². The standard InChI is InChI=1S/C18H22N2O2S/c1-13-6-4-9-17(21)20(13)11-5-10-19-18(22)16-12-14-7-2-3-8-15(14)23-16/h4,6,9,12H,2-3,5,7-8,10-11H2,1H3,(H,19,22). The monoisotopic (exact) mass is 330 g/mol. The molecule has 0 aromatic carbocycles. The van der Waals surface area contributed by atoms with Gasteiger partial charge in [-0.1, -0.05) is 6.07 Å². The summed E-state index contributed by atoms with van der Waals surface area (Å²) < 4.78 is 1.75. The fraction of sp³-hybridized carbons (Fsp3) is 0.444. The Morgan fingerprint density at radius 2 is 2.13 bits per heavy atom. The number of aryl methyl sites for hydroxylation is 3. The molecule has 4 nitrogen and oxygen atoms in total. The van der Waals surface area contributed by atoms with Crippen LogP contribution in [0.25, 0.3) is 0 Å². The molecule has 3 rings (SSSR count). The van der Waals surface area contributed by atoms with Gasteiger partial charge in [0.25, 0.3) is 11.5 Å². The Morgan fingerprint density at radius 1 is 1.30 bits per heavy atom. The van der Waals surface area contributed by atoms with Crippen LogP contribution in [0.2, 0.25) is 0 Å². The number of hydrogen-bond acceptors (Lipinski definition) is 3. The van der Waals surface area contributed by atoms with E-state index in [9.17, 15) is 9.59 Å². The minimum absolute atomic E-state index is 0.0153. The lowest BCUT2D eigenvalue weighted by atomic mass is 9.99. The highest BCUT2D eigenvalue weighted by Gasteiger charge is 2.16. The highest BCUT2D eigenvalue weighted by atomic mass is 32.1. The number of rotatable bonds is 5. The van der Waals surface area contributed by atoms with E-state index in [2.05, 4.69) is 11.4 Å². The van der Waals surface area contributed by atoms with Gasteiger partial charge in [0.05, 0.1) is 4.88 Å². The van der Waals surface area contributed by atoms with Crippen molar-refractivity contribution < 1.29 is 4.79 Å². The van der Waals surface area contributed by atoms with E-state index in [0.717, 1.165) is 29.8 Å². The van der Waals surface area contributed by atoms with Crippen LogP contribution in [0.3, 0.4) is 0 Å². The van der Waals surface area contributed by atoms with Gasteiger partial charge in [-0.2, -0.15) is 0 Å². The van der Waals surface area contributed by atoms with Crippen molar-refractivity contribution in [3.05, 3.63) is 55.6 Å². The lowest BCUT2D eigenvalue weighted by Crippen LogP contribution is -2.27. The van der Waals surface area contributed by atoms with E-state index in [1.54, 1.807) is 28.0 Å². The molecule has 1 amide bonds. The molecule has 122 valence electrons. The van der Waals surface area contributed by atoms with Gasteiger partial charge in [0.1, 0.15) is 0 Å². The third kappa shape index (κ3) is 3.72. The average Bonchev–Trinajstić information content (AvgIpc) is 2.97. The van der Waals surface area contributed by atoms with E-state index in [1.165, 1.54) is 23.3 Å². The predicted molar refractivity (Wildman–Crippen MR) is 93.4 cm³/mol. The summed E-state index contributed by atoms with van der Waals surface area (Å²) in [5.41, 5.74) is 2.33. The lowest BCUT2D eigenvalue weighted by molar-refractivity contribution is 0.0956. The van der Waals surface area contributed by atoms with Crippen LogP contribution in [0.4, 0.5) is 0 Å². The molecule has 5 heteroatoms. The van der Waals surface area contributed by atoms with Gasteiger partial charge in [-0.15, -0.1) is 11.3 Å². The molecule has 1 aliphatic rings. The Labute approximate surface area is 140 Å². The molecule has 2 heterocycles. The predicted octanol–water partition coefficient (Wildman–Crippen LogP) is 2.92. The number of amides is 1. The molecule has 1 aliphatic carbocycles. The molecule has 2 aromatic heterocycles. The zero-order valence-electron chi connectivity index (χ0n) is 13.4. The van der Waals surface area contributed by atoms with Gasteiger partial charge >= 0.3 is 0 Å². The second-order valence-corrected chi connectivity index (χ2v) is 7.17. The fourth-order valence-corrected chi connectivity index (χ4v) is 4.21. The van der Waals surface area contributed by atoms with Crippen molar-refractivity contribution in [3.63, 3.8) is 0 Å². The molecule has 0 unspecified atom stereocenters. The normalized spacial score (nSPS) is 13.6. The molecular weight excluding hydrogens is 308 g/mol. The molecule has 0 spiro atoms. The smallest absolute Gasteiger partial charge is 0.261 e. The number of fused-ring (bicyclic) bond motifs is 1. The first kappa shape index (κ1) is 16.0.